The first-order valence-electron chi connectivity index (χ1n) is 12.5. The van der Waals surface area contributed by atoms with Crippen molar-refractivity contribution in [3.8, 4) is 0 Å². The van der Waals surface area contributed by atoms with Gasteiger partial charge in [0.25, 0.3) is 15.9 Å². The zero-order valence-corrected chi connectivity index (χ0v) is 23.6. The molecule has 6 nitrogen and oxygen atoms in total. The summed E-state index contributed by atoms with van der Waals surface area (Å²) in [6.07, 6.45) is 1.55. The number of nitrogens with zero attached hydrogens (tertiary/aromatic N) is 2. The number of para-hydroxylation sites is 1. The number of nitrogens with one attached hydrogen (secondary N) is 1. The average molecular weight is 560 g/mol. The maximum Gasteiger partial charge on any atom is 0.273 e. The van der Waals surface area contributed by atoms with Crippen LogP contribution >= 0.6 is 11.6 Å². The minimum absolute atomic E-state index is 0.00311. The number of hydrogen-bond donors (Lipinski definition) is 1. The Balaban J connectivity index is 1.67. The summed E-state index contributed by atoms with van der Waals surface area (Å²) in [6.45, 7) is 6.13. The van der Waals surface area contributed by atoms with Gasteiger partial charge in [0.05, 0.1) is 28.9 Å². The van der Waals surface area contributed by atoms with Crippen molar-refractivity contribution in [3.05, 3.63) is 130 Å². The summed E-state index contributed by atoms with van der Waals surface area (Å²) in [7, 11) is -4.03. The molecule has 1 amide bonds. The zero-order valence-electron chi connectivity index (χ0n) is 22.0. The second-order valence-corrected chi connectivity index (χ2v) is 11.8. The molecule has 4 aromatic carbocycles. The van der Waals surface area contributed by atoms with Crippen molar-refractivity contribution in [1.29, 1.82) is 0 Å². The molecule has 0 fully saturated rings. The molecule has 0 saturated heterocycles. The van der Waals surface area contributed by atoms with Gasteiger partial charge in [-0.3, -0.25) is 9.10 Å². The number of anilines is 1. The maximum atomic E-state index is 13.9. The van der Waals surface area contributed by atoms with Crippen LogP contribution in [0.1, 0.15) is 52.4 Å². The molecular weight excluding hydrogens is 530 g/mol. The Kier molecular flexibility index (Phi) is 8.84. The topological polar surface area (TPSA) is 78.8 Å². The quantitative estimate of drug-likeness (QED) is 0.178. The second-order valence-electron chi connectivity index (χ2n) is 9.49. The van der Waals surface area contributed by atoms with Gasteiger partial charge in [-0.2, -0.15) is 5.10 Å². The van der Waals surface area contributed by atoms with Gasteiger partial charge in [-0.25, -0.2) is 13.8 Å². The second kappa shape index (κ2) is 12.3. The highest BCUT2D eigenvalue weighted by molar-refractivity contribution is 7.92. The first-order valence-corrected chi connectivity index (χ1v) is 14.3. The number of carbonyl (C=O) groups excluding carboxylic acids is 1. The lowest BCUT2D eigenvalue weighted by Gasteiger charge is -2.26. The van der Waals surface area contributed by atoms with Gasteiger partial charge in [0.1, 0.15) is 0 Å². The van der Waals surface area contributed by atoms with Crippen molar-refractivity contribution in [3.63, 3.8) is 0 Å². The summed E-state index contributed by atoms with van der Waals surface area (Å²) in [5.41, 5.74) is 6.65. The summed E-state index contributed by atoms with van der Waals surface area (Å²) in [6, 6.07) is 28.0. The van der Waals surface area contributed by atoms with Crippen molar-refractivity contribution in [2.24, 2.45) is 5.10 Å². The fraction of sp³-hybridized carbons (Fsp3) is 0.161. The number of amides is 1. The number of halogens is 1. The Hall–Kier alpha value is -3.94. The van der Waals surface area contributed by atoms with Crippen LogP contribution in [0, 0.1) is 6.92 Å². The van der Waals surface area contributed by atoms with Gasteiger partial charge in [-0.15, -0.1) is 0 Å². The van der Waals surface area contributed by atoms with Crippen LogP contribution in [0.25, 0.3) is 0 Å². The minimum atomic E-state index is -4.03. The molecule has 0 aliphatic carbocycles. The van der Waals surface area contributed by atoms with Gasteiger partial charge in [0.15, 0.2) is 0 Å². The van der Waals surface area contributed by atoms with Gasteiger partial charge >= 0.3 is 0 Å². The minimum Gasteiger partial charge on any atom is -0.267 e. The van der Waals surface area contributed by atoms with Gasteiger partial charge in [0.2, 0.25) is 0 Å². The third-order valence-corrected chi connectivity index (χ3v) is 8.27. The van der Waals surface area contributed by atoms with Crippen LogP contribution in [0.2, 0.25) is 5.02 Å². The predicted molar refractivity (Wildman–Crippen MR) is 158 cm³/mol. The molecule has 0 aromatic heterocycles. The number of aryl methyl sites for hydroxylation is 1. The molecule has 1 N–H and O–H groups in total. The number of rotatable bonds is 9. The summed E-state index contributed by atoms with van der Waals surface area (Å²) in [5.74, 6) is -0.111. The molecule has 0 bridgehead atoms. The van der Waals surface area contributed by atoms with E-state index in [-0.39, 0.29) is 22.7 Å². The van der Waals surface area contributed by atoms with Crippen molar-refractivity contribution in [1.82, 2.24) is 5.43 Å². The van der Waals surface area contributed by atoms with Gasteiger partial charge < -0.3 is 0 Å². The first kappa shape index (κ1) is 28.1. The molecular formula is C31H30ClN3O3S. The number of sulfonamides is 1. The Morgan fingerprint density at radius 1 is 0.923 bits per heavy atom. The van der Waals surface area contributed by atoms with E-state index in [0.717, 1.165) is 11.1 Å². The van der Waals surface area contributed by atoms with Crippen LogP contribution in [0.3, 0.4) is 0 Å². The number of carbonyl (C=O) groups is 1. The number of hydrazone groups is 1. The molecule has 0 aliphatic rings. The van der Waals surface area contributed by atoms with Crippen molar-refractivity contribution >= 4 is 39.4 Å². The summed E-state index contributed by atoms with van der Waals surface area (Å²) >= 11 is 6.05. The lowest BCUT2D eigenvalue weighted by atomic mass is 10.0. The molecule has 4 aromatic rings. The van der Waals surface area contributed by atoms with Crippen LogP contribution in [0.15, 0.2) is 107 Å². The molecule has 0 unspecified atom stereocenters. The van der Waals surface area contributed by atoms with E-state index in [1.165, 1.54) is 9.87 Å². The molecule has 4 rings (SSSR count). The normalized spacial score (nSPS) is 11.6. The molecule has 0 saturated carbocycles. The van der Waals surface area contributed by atoms with Gasteiger partial charge in [-0.1, -0.05) is 91.7 Å². The van der Waals surface area contributed by atoms with Crippen LogP contribution < -0.4 is 9.73 Å². The molecule has 39 heavy (non-hydrogen) atoms. The third kappa shape index (κ3) is 6.93. The highest BCUT2D eigenvalue weighted by atomic mass is 35.5. The molecule has 0 heterocycles. The Bertz CT molecular complexity index is 1570. The fourth-order valence-corrected chi connectivity index (χ4v) is 5.57. The zero-order chi connectivity index (χ0) is 28.0. The number of hydrogen-bond acceptors (Lipinski definition) is 4. The summed E-state index contributed by atoms with van der Waals surface area (Å²) in [5, 5.41) is 4.65. The Labute approximate surface area is 235 Å². The average Bonchev–Trinajstić information content (AvgIpc) is 2.93. The lowest BCUT2D eigenvalue weighted by Crippen LogP contribution is -2.33. The van der Waals surface area contributed by atoms with E-state index in [2.05, 4.69) is 24.4 Å². The monoisotopic (exact) mass is 559 g/mol. The molecule has 0 radical (unpaired) electrons. The van der Waals surface area contributed by atoms with Crippen LogP contribution in [0.4, 0.5) is 5.69 Å². The number of benzene rings is 4. The standard InChI is InChI=1S/C31H30ClN3O3S/c1-22(2)26-14-10-24(11-15-26)20-33-34-31(36)29-6-4-5-7-30(29)35(21-25-12-16-27(32)17-13-25)39(37,38)28-18-8-23(3)9-19-28/h4-20,22H,21H2,1-3H3,(H,34,36)/b33-20+. The molecule has 0 atom stereocenters. The lowest BCUT2D eigenvalue weighted by molar-refractivity contribution is 0.0955. The Morgan fingerprint density at radius 3 is 2.21 bits per heavy atom. The molecule has 200 valence electrons. The van der Waals surface area contributed by atoms with Crippen LogP contribution in [0.5, 0.6) is 0 Å². The van der Waals surface area contributed by atoms with E-state index in [1.807, 2.05) is 31.2 Å². The smallest absolute Gasteiger partial charge is 0.267 e. The van der Waals surface area contributed by atoms with Gasteiger partial charge in [-0.05, 0) is 65.9 Å². The van der Waals surface area contributed by atoms with E-state index in [1.54, 1.807) is 79.0 Å². The van der Waals surface area contributed by atoms with Crippen LogP contribution in [-0.4, -0.2) is 20.5 Å². The predicted octanol–water partition coefficient (Wildman–Crippen LogP) is 6.93. The highest BCUT2D eigenvalue weighted by Gasteiger charge is 2.28. The summed E-state index contributed by atoms with van der Waals surface area (Å²) in [4.78, 5) is 13.4. The molecule has 0 spiro atoms. The maximum absolute atomic E-state index is 13.9. The Morgan fingerprint density at radius 2 is 1.56 bits per heavy atom. The van der Waals surface area contributed by atoms with E-state index in [0.29, 0.717) is 16.5 Å². The van der Waals surface area contributed by atoms with E-state index < -0.39 is 15.9 Å². The van der Waals surface area contributed by atoms with Crippen LogP contribution in [-0.2, 0) is 16.6 Å². The SMILES string of the molecule is Cc1ccc(S(=O)(=O)N(Cc2ccc(Cl)cc2)c2ccccc2C(=O)N/N=C/c2ccc(C(C)C)cc2)cc1. The van der Waals surface area contributed by atoms with Crippen molar-refractivity contribution in [2.45, 2.75) is 38.1 Å². The molecule has 0 aliphatic heterocycles. The van der Waals surface area contributed by atoms with Gasteiger partial charge in [0, 0.05) is 5.02 Å². The third-order valence-electron chi connectivity index (χ3n) is 6.25. The highest BCUT2D eigenvalue weighted by Crippen LogP contribution is 2.30. The largest absolute Gasteiger partial charge is 0.273 e. The summed E-state index contributed by atoms with van der Waals surface area (Å²) < 4.78 is 29.0. The van der Waals surface area contributed by atoms with E-state index >= 15 is 0 Å². The molecule has 8 heteroatoms. The van der Waals surface area contributed by atoms with Crippen molar-refractivity contribution in [2.75, 3.05) is 4.31 Å². The van der Waals surface area contributed by atoms with E-state index in [9.17, 15) is 13.2 Å². The first-order chi connectivity index (χ1) is 18.6. The van der Waals surface area contributed by atoms with E-state index in [4.69, 9.17) is 11.6 Å². The van der Waals surface area contributed by atoms with Crippen molar-refractivity contribution < 1.29 is 13.2 Å². The fourth-order valence-electron chi connectivity index (χ4n) is 3.97.